The van der Waals surface area contributed by atoms with E-state index in [1.165, 1.54) is 0 Å². The molecule has 3 amide bonds. The van der Waals surface area contributed by atoms with Crippen molar-refractivity contribution in [1.82, 2.24) is 20.9 Å². The summed E-state index contributed by atoms with van der Waals surface area (Å²) in [5, 5.41) is 18.8. The van der Waals surface area contributed by atoms with Crippen molar-refractivity contribution in [3.05, 3.63) is 71.9 Å². The van der Waals surface area contributed by atoms with Crippen molar-refractivity contribution in [1.29, 1.82) is 0 Å². The number of aromatic nitrogens is 1. The Bertz CT molecular complexity index is 1340. The van der Waals surface area contributed by atoms with Crippen LogP contribution in [0.15, 0.2) is 60.8 Å². The van der Waals surface area contributed by atoms with Crippen molar-refractivity contribution in [3.63, 3.8) is 0 Å². The first-order chi connectivity index (χ1) is 20.1. The minimum atomic E-state index is -1.19. The predicted octanol–water partition coefficient (Wildman–Crippen LogP) is 1.60. The zero-order valence-electron chi connectivity index (χ0n) is 24.1. The predicted molar refractivity (Wildman–Crippen MR) is 161 cm³/mol. The van der Waals surface area contributed by atoms with Gasteiger partial charge < -0.3 is 37.5 Å². The number of carboxylic acid groups (broad SMARTS) is 1. The molecule has 4 unspecified atom stereocenters. The molecular formula is C31H42N6O5. The third-order valence-corrected chi connectivity index (χ3v) is 7.23. The van der Waals surface area contributed by atoms with E-state index in [-0.39, 0.29) is 25.2 Å². The van der Waals surface area contributed by atoms with Gasteiger partial charge in [0.05, 0.1) is 6.04 Å². The molecule has 0 saturated carbocycles. The highest BCUT2D eigenvalue weighted by Crippen LogP contribution is 2.19. The van der Waals surface area contributed by atoms with Crippen molar-refractivity contribution < 1.29 is 24.3 Å². The Hall–Kier alpha value is -4.22. The molecule has 1 aromatic heterocycles. The van der Waals surface area contributed by atoms with Gasteiger partial charge >= 0.3 is 5.97 Å². The average molecular weight is 579 g/mol. The molecule has 11 heteroatoms. The van der Waals surface area contributed by atoms with Crippen LogP contribution in [0.25, 0.3) is 10.9 Å². The maximum atomic E-state index is 13.7. The SMILES string of the molecule is CC(C)C(N)C(=O)NC(Cc1c[nH]c2ccccc12)C(=O)NC(CCCCN)C(=O)NC(Cc1ccccc1)C(=O)O. The fraction of sp³-hybridized carbons (Fsp3) is 0.419. The number of hydrogen-bond donors (Lipinski definition) is 7. The van der Waals surface area contributed by atoms with E-state index < -0.39 is 47.9 Å². The highest BCUT2D eigenvalue weighted by Gasteiger charge is 2.31. The van der Waals surface area contributed by atoms with E-state index in [0.29, 0.717) is 19.4 Å². The zero-order chi connectivity index (χ0) is 30.6. The van der Waals surface area contributed by atoms with Gasteiger partial charge in [-0.25, -0.2) is 4.79 Å². The molecule has 42 heavy (non-hydrogen) atoms. The van der Waals surface area contributed by atoms with Crippen LogP contribution in [0.4, 0.5) is 0 Å². The minimum Gasteiger partial charge on any atom is -0.480 e. The Morgan fingerprint density at radius 1 is 0.810 bits per heavy atom. The topological polar surface area (TPSA) is 192 Å². The number of carboxylic acids is 1. The summed E-state index contributed by atoms with van der Waals surface area (Å²) in [6.07, 6.45) is 3.40. The molecule has 0 saturated heterocycles. The summed E-state index contributed by atoms with van der Waals surface area (Å²) in [7, 11) is 0. The van der Waals surface area contributed by atoms with Gasteiger partial charge in [0.1, 0.15) is 18.1 Å². The summed E-state index contributed by atoms with van der Waals surface area (Å²) in [6.45, 7) is 4.02. The maximum absolute atomic E-state index is 13.7. The van der Waals surface area contributed by atoms with Crippen LogP contribution in [0.2, 0.25) is 0 Å². The van der Waals surface area contributed by atoms with Crippen LogP contribution in [-0.2, 0) is 32.0 Å². The lowest BCUT2D eigenvalue weighted by Crippen LogP contribution is -2.58. The number of nitrogens with two attached hydrogens (primary N) is 2. The molecule has 4 atom stereocenters. The monoisotopic (exact) mass is 578 g/mol. The molecule has 3 aromatic rings. The number of aliphatic carboxylic acids is 1. The van der Waals surface area contributed by atoms with Crippen molar-refractivity contribution in [2.75, 3.05) is 6.54 Å². The van der Waals surface area contributed by atoms with Gasteiger partial charge in [0.15, 0.2) is 0 Å². The molecule has 0 bridgehead atoms. The quantitative estimate of drug-likeness (QED) is 0.125. The number of hydrogen-bond acceptors (Lipinski definition) is 6. The molecule has 0 spiro atoms. The second-order valence-corrected chi connectivity index (χ2v) is 10.8. The van der Waals surface area contributed by atoms with E-state index in [2.05, 4.69) is 20.9 Å². The van der Waals surface area contributed by atoms with Crippen LogP contribution in [0.5, 0.6) is 0 Å². The number of nitrogens with one attached hydrogen (secondary N) is 4. The number of carbonyl (C=O) groups excluding carboxylic acids is 3. The first-order valence-corrected chi connectivity index (χ1v) is 14.3. The Morgan fingerprint density at radius 2 is 1.43 bits per heavy atom. The Morgan fingerprint density at radius 3 is 2.10 bits per heavy atom. The van der Waals surface area contributed by atoms with Crippen LogP contribution in [-0.4, -0.2) is 64.5 Å². The van der Waals surface area contributed by atoms with Gasteiger partial charge in [0, 0.05) is 29.9 Å². The Labute approximate surface area is 245 Å². The average Bonchev–Trinajstić information content (AvgIpc) is 3.38. The second-order valence-electron chi connectivity index (χ2n) is 10.8. The fourth-order valence-corrected chi connectivity index (χ4v) is 4.66. The number of benzene rings is 2. The first kappa shape index (κ1) is 32.3. The smallest absolute Gasteiger partial charge is 0.326 e. The van der Waals surface area contributed by atoms with E-state index in [1.54, 1.807) is 30.5 Å². The lowest BCUT2D eigenvalue weighted by Gasteiger charge is -2.26. The molecule has 3 rings (SSSR count). The molecule has 9 N–H and O–H groups in total. The molecule has 11 nitrogen and oxygen atoms in total. The lowest BCUT2D eigenvalue weighted by molar-refractivity contribution is -0.142. The highest BCUT2D eigenvalue weighted by molar-refractivity contribution is 5.95. The van der Waals surface area contributed by atoms with Crippen LogP contribution in [0.1, 0.15) is 44.2 Å². The van der Waals surface area contributed by atoms with E-state index in [1.807, 2.05) is 44.2 Å². The fourth-order valence-electron chi connectivity index (χ4n) is 4.66. The number of fused-ring (bicyclic) bond motifs is 1. The summed E-state index contributed by atoms with van der Waals surface area (Å²) in [6, 6.07) is 12.5. The lowest BCUT2D eigenvalue weighted by atomic mass is 10.0. The summed E-state index contributed by atoms with van der Waals surface area (Å²) >= 11 is 0. The van der Waals surface area contributed by atoms with Gasteiger partial charge in [-0.1, -0.05) is 62.4 Å². The van der Waals surface area contributed by atoms with E-state index >= 15 is 0 Å². The van der Waals surface area contributed by atoms with Crippen LogP contribution in [0.3, 0.4) is 0 Å². The number of amides is 3. The third-order valence-electron chi connectivity index (χ3n) is 7.23. The van der Waals surface area contributed by atoms with Crippen molar-refractivity contribution in [2.45, 2.75) is 70.1 Å². The van der Waals surface area contributed by atoms with Crippen molar-refractivity contribution >= 4 is 34.6 Å². The second kappa shape index (κ2) is 15.7. The normalized spacial score (nSPS) is 14.1. The number of unbranched alkanes of at least 4 members (excludes halogenated alkanes) is 1. The number of H-pyrrole nitrogens is 1. The summed E-state index contributed by atoms with van der Waals surface area (Å²) in [5.74, 6) is -3.03. The zero-order valence-corrected chi connectivity index (χ0v) is 24.1. The van der Waals surface area contributed by atoms with E-state index in [0.717, 1.165) is 22.0 Å². The number of carbonyl (C=O) groups is 4. The highest BCUT2D eigenvalue weighted by atomic mass is 16.4. The van der Waals surface area contributed by atoms with Gasteiger partial charge in [-0.2, -0.15) is 0 Å². The number of para-hydroxylation sites is 1. The van der Waals surface area contributed by atoms with Crippen molar-refractivity contribution in [2.24, 2.45) is 17.4 Å². The molecule has 0 fully saturated rings. The first-order valence-electron chi connectivity index (χ1n) is 14.3. The Balaban J connectivity index is 1.82. The number of rotatable bonds is 16. The summed E-state index contributed by atoms with van der Waals surface area (Å²) in [5.41, 5.74) is 14.2. The molecule has 0 aliphatic heterocycles. The van der Waals surface area contributed by atoms with Gasteiger partial charge in [-0.15, -0.1) is 0 Å². The largest absolute Gasteiger partial charge is 0.480 e. The third kappa shape index (κ3) is 9.15. The molecule has 0 aliphatic rings. The standard InChI is InChI=1S/C31H42N6O5/c1-19(2)27(33)30(40)36-25(17-21-18-34-23-13-7-6-12-22(21)23)29(39)35-24(14-8-9-15-32)28(38)37-26(31(41)42)16-20-10-4-3-5-11-20/h3-7,10-13,18-19,24-27,34H,8-9,14-17,32-33H2,1-2H3,(H,35,39)(H,36,40)(H,37,38)(H,41,42). The van der Waals surface area contributed by atoms with Crippen LogP contribution < -0.4 is 27.4 Å². The van der Waals surface area contributed by atoms with Crippen molar-refractivity contribution in [3.8, 4) is 0 Å². The van der Waals surface area contributed by atoms with E-state index in [9.17, 15) is 24.3 Å². The van der Waals surface area contributed by atoms with Gasteiger partial charge in [-0.05, 0) is 48.9 Å². The molecular weight excluding hydrogens is 536 g/mol. The molecule has 0 radical (unpaired) electrons. The van der Waals surface area contributed by atoms with Crippen LogP contribution >= 0.6 is 0 Å². The minimum absolute atomic E-state index is 0.0811. The van der Waals surface area contributed by atoms with E-state index in [4.69, 9.17) is 11.5 Å². The van der Waals surface area contributed by atoms with Gasteiger partial charge in [-0.3, -0.25) is 14.4 Å². The molecule has 1 heterocycles. The Kier molecular flexibility index (Phi) is 12.1. The van der Waals surface area contributed by atoms with Gasteiger partial charge in [0.2, 0.25) is 17.7 Å². The molecule has 2 aromatic carbocycles. The maximum Gasteiger partial charge on any atom is 0.326 e. The summed E-state index contributed by atoms with van der Waals surface area (Å²) in [4.78, 5) is 55.2. The van der Waals surface area contributed by atoms with Gasteiger partial charge in [0.25, 0.3) is 0 Å². The number of aromatic amines is 1. The molecule has 226 valence electrons. The molecule has 0 aliphatic carbocycles. The summed E-state index contributed by atoms with van der Waals surface area (Å²) < 4.78 is 0. The van der Waals surface area contributed by atoms with Crippen LogP contribution in [0, 0.1) is 5.92 Å².